The van der Waals surface area contributed by atoms with Gasteiger partial charge in [0.15, 0.2) is 0 Å². The maximum absolute atomic E-state index is 8.57. The van der Waals surface area contributed by atoms with E-state index >= 15 is 0 Å². The lowest BCUT2D eigenvalue weighted by Gasteiger charge is -2.25. The van der Waals surface area contributed by atoms with Gasteiger partial charge < -0.3 is 13.3 Å². The van der Waals surface area contributed by atoms with Gasteiger partial charge in [-0.2, -0.15) is 5.26 Å². The molecule has 4 nitrogen and oxygen atoms in total. The Morgan fingerprint density at radius 3 is 1.89 bits per heavy atom. The summed E-state index contributed by atoms with van der Waals surface area (Å²) in [5.74, 6) is 0. The average molecular weight is 287 g/mol. The van der Waals surface area contributed by atoms with Crippen molar-refractivity contribution in [3.8, 4) is 6.07 Å². The topological polar surface area (TPSA) is 51.5 Å². The molecule has 0 fully saturated rings. The molecule has 0 aromatic carbocycles. The first-order valence-corrected chi connectivity index (χ1v) is 9.29. The molecule has 0 amide bonds. The lowest BCUT2D eigenvalue weighted by atomic mass is 10.1. The van der Waals surface area contributed by atoms with Gasteiger partial charge in [0, 0.05) is 20.3 Å². The fourth-order valence-electron chi connectivity index (χ4n) is 2.10. The molecule has 0 aliphatic carbocycles. The maximum atomic E-state index is 8.57. The molecule has 112 valence electrons. The molecule has 0 spiro atoms. The normalized spacial score (nSPS) is 11.5. The van der Waals surface area contributed by atoms with E-state index < -0.39 is 8.80 Å². The highest BCUT2D eigenvalue weighted by Crippen LogP contribution is 2.19. The van der Waals surface area contributed by atoms with Gasteiger partial charge in [0.25, 0.3) is 0 Å². The van der Waals surface area contributed by atoms with E-state index in [1.165, 1.54) is 44.9 Å². The van der Waals surface area contributed by atoms with E-state index in [4.69, 9.17) is 18.5 Å². The SMILES string of the molecule is CCCCCCCCCC[Si](OC)(OC)OCC#N. The van der Waals surface area contributed by atoms with Crippen molar-refractivity contribution in [2.24, 2.45) is 0 Å². The summed E-state index contributed by atoms with van der Waals surface area (Å²) in [5, 5.41) is 8.57. The van der Waals surface area contributed by atoms with E-state index in [9.17, 15) is 0 Å². The minimum atomic E-state index is -2.57. The van der Waals surface area contributed by atoms with Crippen LogP contribution in [0.3, 0.4) is 0 Å². The predicted molar refractivity (Wildman–Crippen MR) is 78.8 cm³/mol. The van der Waals surface area contributed by atoms with Crippen LogP contribution in [-0.4, -0.2) is 29.6 Å². The molecule has 0 heterocycles. The number of rotatable bonds is 13. The minimum absolute atomic E-state index is 0.0465. The number of hydrogen-bond donors (Lipinski definition) is 0. The van der Waals surface area contributed by atoms with E-state index in [-0.39, 0.29) is 6.61 Å². The Morgan fingerprint density at radius 1 is 0.895 bits per heavy atom. The summed E-state index contributed by atoms with van der Waals surface area (Å²) in [6, 6.07) is 2.78. The highest BCUT2D eigenvalue weighted by atomic mass is 28.4. The lowest BCUT2D eigenvalue weighted by Crippen LogP contribution is -2.43. The van der Waals surface area contributed by atoms with Crippen LogP contribution in [0.15, 0.2) is 0 Å². The second-order valence-corrected chi connectivity index (χ2v) is 7.73. The van der Waals surface area contributed by atoms with Gasteiger partial charge in [-0.3, -0.25) is 0 Å². The van der Waals surface area contributed by atoms with E-state index in [2.05, 4.69) is 6.92 Å². The summed E-state index contributed by atoms with van der Waals surface area (Å²) in [5.41, 5.74) is 0. The van der Waals surface area contributed by atoms with Crippen LogP contribution < -0.4 is 0 Å². The largest absolute Gasteiger partial charge is 0.501 e. The highest BCUT2D eigenvalue weighted by Gasteiger charge is 2.38. The first-order chi connectivity index (χ1) is 9.24. The highest BCUT2D eigenvalue weighted by molar-refractivity contribution is 6.60. The molecule has 0 radical (unpaired) electrons. The van der Waals surface area contributed by atoms with Gasteiger partial charge in [-0.25, -0.2) is 0 Å². The Bertz CT molecular complexity index is 239. The second-order valence-electron chi connectivity index (χ2n) is 4.76. The molecule has 5 heteroatoms. The number of nitriles is 1. The molecule has 0 rings (SSSR count). The Hall–Kier alpha value is -0.413. The molecule has 0 saturated heterocycles. The van der Waals surface area contributed by atoms with Gasteiger partial charge in [-0.05, 0) is 6.42 Å². The van der Waals surface area contributed by atoms with Crippen molar-refractivity contribution in [2.45, 2.75) is 64.3 Å². The Balaban J connectivity index is 3.67. The summed E-state index contributed by atoms with van der Waals surface area (Å²) in [6.45, 7) is 2.28. The lowest BCUT2D eigenvalue weighted by molar-refractivity contribution is 0.110. The van der Waals surface area contributed by atoms with Crippen LogP contribution in [0.4, 0.5) is 0 Å². The van der Waals surface area contributed by atoms with Crippen molar-refractivity contribution < 1.29 is 13.3 Å². The maximum Gasteiger partial charge on any atom is 0.501 e. The van der Waals surface area contributed by atoms with Crippen LogP contribution in [-0.2, 0) is 13.3 Å². The Labute approximate surface area is 119 Å². The minimum Gasteiger partial charge on any atom is -0.377 e. The molecule has 0 saturated carbocycles. The average Bonchev–Trinajstić information content (AvgIpc) is 2.45. The van der Waals surface area contributed by atoms with Gasteiger partial charge in [0.05, 0.1) is 6.07 Å². The van der Waals surface area contributed by atoms with Gasteiger partial charge in [-0.1, -0.05) is 51.9 Å². The van der Waals surface area contributed by atoms with Gasteiger partial charge in [-0.15, -0.1) is 0 Å². The third-order valence-corrected chi connectivity index (χ3v) is 6.11. The van der Waals surface area contributed by atoms with E-state index in [0.717, 1.165) is 12.5 Å². The monoisotopic (exact) mass is 287 g/mol. The van der Waals surface area contributed by atoms with Crippen molar-refractivity contribution in [1.29, 1.82) is 5.26 Å². The van der Waals surface area contributed by atoms with Crippen LogP contribution in [0.25, 0.3) is 0 Å². The summed E-state index contributed by atoms with van der Waals surface area (Å²) in [4.78, 5) is 0. The summed E-state index contributed by atoms with van der Waals surface area (Å²) >= 11 is 0. The molecule has 0 aromatic heterocycles. The summed E-state index contributed by atoms with van der Waals surface area (Å²) in [6.07, 6.45) is 10.2. The molecule has 0 aromatic rings. The molecule has 0 aliphatic rings. The van der Waals surface area contributed by atoms with Crippen LogP contribution in [0.2, 0.25) is 6.04 Å². The summed E-state index contributed by atoms with van der Waals surface area (Å²) in [7, 11) is 0.650. The second kappa shape index (κ2) is 12.6. The Kier molecular flexibility index (Phi) is 12.3. The number of unbranched alkanes of at least 4 members (excludes halogenated alkanes) is 7. The first kappa shape index (κ1) is 18.6. The zero-order valence-corrected chi connectivity index (χ0v) is 13.7. The zero-order chi connectivity index (χ0) is 14.4. The third-order valence-electron chi connectivity index (χ3n) is 3.32. The molecular weight excluding hydrogens is 258 g/mol. The fraction of sp³-hybridized carbons (Fsp3) is 0.929. The van der Waals surface area contributed by atoms with Crippen molar-refractivity contribution in [2.75, 3.05) is 20.8 Å². The molecule has 0 N–H and O–H groups in total. The van der Waals surface area contributed by atoms with Crippen LogP contribution >= 0.6 is 0 Å². The predicted octanol–water partition coefficient (Wildman–Crippen LogP) is 3.90. The van der Waals surface area contributed by atoms with Gasteiger partial charge >= 0.3 is 8.80 Å². The molecule has 0 unspecified atom stereocenters. The van der Waals surface area contributed by atoms with Crippen molar-refractivity contribution >= 4 is 8.80 Å². The van der Waals surface area contributed by atoms with E-state index in [1.54, 1.807) is 14.2 Å². The molecule has 0 aliphatic heterocycles. The number of hydrogen-bond acceptors (Lipinski definition) is 4. The quantitative estimate of drug-likeness (QED) is 0.381. The van der Waals surface area contributed by atoms with Crippen LogP contribution in [0.1, 0.15) is 58.3 Å². The number of nitrogens with zero attached hydrogens (tertiary/aromatic N) is 1. The van der Waals surface area contributed by atoms with Crippen molar-refractivity contribution in [3.63, 3.8) is 0 Å². The fourth-order valence-corrected chi connectivity index (χ4v) is 4.02. The molecule has 0 atom stereocenters. The molecule has 0 bridgehead atoms. The Morgan fingerprint density at radius 2 is 1.42 bits per heavy atom. The third kappa shape index (κ3) is 9.17. The van der Waals surface area contributed by atoms with E-state index in [0.29, 0.717) is 0 Å². The van der Waals surface area contributed by atoms with Gasteiger partial charge in [0.2, 0.25) is 0 Å². The first-order valence-electron chi connectivity index (χ1n) is 7.36. The standard InChI is InChI=1S/C14H29NO3Si/c1-4-5-6-7-8-9-10-11-14-19(16-2,17-3)18-13-12-15/h4-11,13-14H2,1-3H3. The van der Waals surface area contributed by atoms with Crippen LogP contribution in [0.5, 0.6) is 0 Å². The molecular formula is C14H29NO3Si. The molecule has 19 heavy (non-hydrogen) atoms. The summed E-state index contributed by atoms with van der Waals surface area (Å²) < 4.78 is 16.3. The van der Waals surface area contributed by atoms with Crippen LogP contribution in [0, 0.1) is 11.3 Å². The van der Waals surface area contributed by atoms with E-state index in [1.807, 2.05) is 6.07 Å². The van der Waals surface area contributed by atoms with Crippen molar-refractivity contribution in [3.05, 3.63) is 0 Å². The zero-order valence-electron chi connectivity index (χ0n) is 12.7. The van der Waals surface area contributed by atoms with Gasteiger partial charge in [0.1, 0.15) is 6.61 Å². The van der Waals surface area contributed by atoms with Crippen molar-refractivity contribution in [1.82, 2.24) is 0 Å². The smallest absolute Gasteiger partial charge is 0.377 e.